The molecular weight excluding hydrogens is 480 g/mol. The lowest BCUT2D eigenvalue weighted by Gasteiger charge is -2.23. The minimum atomic E-state index is -0.202. The van der Waals surface area contributed by atoms with Crippen molar-refractivity contribution in [1.29, 1.82) is 0 Å². The molecule has 0 aromatic heterocycles. The van der Waals surface area contributed by atoms with Crippen LogP contribution in [0.2, 0.25) is 0 Å². The normalized spacial score (nSPS) is 19.6. The summed E-state index contributed by atoms with van der Waals surface area (Å²) in [6, 6.07) is 15.4. The third-order valence-corrected chi connectivity index (χ3v) is 7.30. The summed E-state index contributed by atoms with van der Waals surface area (Å²) in [4.78, 5) is 30.7. The van der Waals surface area contributed by atoms with Gasteiger partial charge in [-0.1, -0.05) is 83.6 Å². The Balaban J connectivity index is 1.77. The molecule has 4 rings (SSSR count). The molecule has 2 aromatic carbocycles. The van der Waals surface area contributed by atoms with Crippen LogP contribution in [0.5, 0.6) is 0 Å². The molecule has 0 aliphatic carbocycles. The van der Waals surface area contributed by atoms with Crippen LogP contribution >= 0.6 is 39.9 Å². The highest BCUT2D eigenvalue weighted by atomic mass is 79.9. The van der Waals surface area contributed by atoms with Gasteiger partial charge in [-0.2, -0.15) is 0 Å². The summed E-state index contributed by atoms with van der Waals surface area (Å²) in [5, 5.41) is 0. The molecule has 1 saturated heterocycles. The monoisotopic (exact) mass is 500 g/mol. The highest BCUT2D eigenvalue weighted by molar-refractivity contribution is 9.10. The van der Waals surface area contributed by atoms with E-state index in [1.165, 1.54) is 11.8 Å². The van der Waals surface area contributed by atoms with Gasteiger partial charge in [-0.05, 0) is 37.1 Å². The molecule has 4 nitrogen and oxygen atoms in total. The molecule has 1 atom stereocenters. The largest absolute Gasteiger partial charge is 0.308 e. The van der Waals surface area contributed by atoms with Gasteiger partial charge in [-0.15, -0.1) is 0 Å². The second-order valence-corrected chi connectivity index (χ2v) is 9.87. The zero-order chi connectivity index (χ0) is 21.4. The average molecular weight is 501 g/mol. The molecule has 2 aromatic rings. The van der Waals surface area contributed by atoms with Crippen molar-refractivity contribution < 1.29 is 9.59 Å². The van der Waals surface area contributed by atoms with Crippen molar-refractivity contribution in [2.24, 2.45) is 0 Å². The van der Waals surface area contributed by atoms with Gasteiger partial charge in [0.2, 0.25) is 0 Å². The van der Waals surface area contributed by atoms with Crippen LogP contribution in [0.1, 0.15) is 43.9 Å². The molecule has 7 heteroatoms. The van der Waals surface area contributed by atoms with Gasteiger partial charge in [-0.3, -0.25) is 14.5 Å². The first-order valence-electron chi connectivity index (χ1n) is 9.90. The smallest absolute Gasteiger partial charge is 0.267 e. The molecule has 1 fully saturated rings. The van der Waals surface area contributed by atoms with Crippen LogP contribution in [0.4, 0.5) is 5.69 Å². The van der Waals surface area contributed by atoms with E-state index in [-0.39, 0.29) is 17.9 Å². The van der Waals surface area contributed by atoms with Crippen LogP contribution in [0.3, 0.4) is 0 Å². The van der Waals surface area contributed by atoms with E-state index in [2.05, 4.69) is 22.9 Å². The number of thiocarbonyl (C=S) groups is 1. The topological polar surface area (TPSA) is 40.6 Å². The Hall–Kier alpha value is -1.96. The lowest BCUT2D eigenvalue weighted by Crippen LogP contribution is -2.32. The van der Waals surface area contributed by atoms with Crippen LogP contribution in [0.15, 0.2) is 57.9 Å². The number of benzene rings is 2. The average Bonchev–Trinajstić information content (AvgIpc) is 3.18. The molecule has 0 spiro atoms. The molecule has 2 heterocycles. The van der Waals surface area contributed by atoms with Gasteiger partial charge in [0.15, 0.2) is 0 Å². The summed E-state index contributed by atoms with van der Waals surface area (Å²) in [6.45, 7) is 4.69. The maximum atomic E-state index is 13.5. The maximum Gasteiger partial charge on any atom is 0.267 e. The Labute approximate surface area is 194 Å². The molecule has 0 saturated carbocycles. The minimum Gasteiger partial charge on any atom is -0.308 e. The van der Waals surface area contributed by atoms with Crippen LogP contribution in [0, 0.1) is 0 Å². The van der Waals surface area contributed by atoms with E-state index in [0.717, 1.165) is 34.1 Å². The zero-order valence-electron chi connectivity index (χ0n) is 16.7. The van der Waals surface area contributed by atoms with Crippen LogP contribution in [-0.4, -0.2) is 27.6 Å². The fourth-order valence-corrected chi connectivity index (χ4v) is 5.66. The quantitative estimate of drug-likeness (QED) is 0.376. The van der Waals surface area contributed by atoms with Gasteiger partial charge >= 0.3 is 0 Å². The second kappa shape index (κ2) is 8.65. The van der Waals surface area contributed by atoms with Gasteiger partial charge in [0.05, 0.1) is 22.2 Å². The molecule has 1 unspecified atom stereocenters. The van der Waals surface area contributed by atoms with E-state index in [1.54, 1.807) is 9.80 Å². The molecule has 0 bridgehead atoms. The number of hydrogen-bond donors (Lipinski definition) is 0. The summed E-state index contributed by atoms with van der Waals surface area (Å²) >= 11 is 10.3. The number of hydrogen-bond acceptors (Lipinski definition) is 4. The zero-order valence-corrected chi connectivity index (χ0v) is 19.9. The van der Waals surface area contributed by atoms with E-state index in [4.69, 9.17) is 12.2 Å². The summed E-state index contributed by atoms with van der Waals surface area (Å²) in [5.74, 6) is -0.322. The molecule has 0 radical (unpaired) electrons. The Morgan fingerprint density at radius 2 is 1.83 bits per heavy atom. The van der Waals surface area contributed by atoms with Crippen molar-refractivity contribution in [3.8, 4) is 0 Å². The van der Waals surface area contributed by atoms with Crippen molar-refractivity contribution in [2.45, 2.75) is 32.7 Å². The number of amides is 2. The van der Waals surface area contributed by atoms with Gasteiger partial charge in [0.1, 0.15) is 4.32 Å². The number of carbonyl (C=O) groups is 2. The third kappa shape index (κ3) is 3.63. The van der Waals surface area contributed by atoms with Gasteiger partial charge in [0.25, 0.3) is 11.8 Å². The Morgan fingerprint density at radius 1 is 1.10 bits per heavy atom. The predicted octanol–water partition coefficient (Wildman–Crippen LogP) is 5.93. The van der Waals surface area contributed by atoms with Crippen LogP contribution < -0.4 is 4.90 Å². The highest BCUT2D eigenvalue weighted by Gasteiger charge is 2.43. The van der Waals surface area contributed by atoms with Gasteiger partial charge < -0.3 is 4.90 Å². The van der Waals surface area contributed by atoms with E-state index in [0.29, 0.717) is 21.3 Å². The summed E-state index contributed by atoms with van der Waals surface area (Å²) in [6.07, 6.45) is 1.89. The molecular formula is C23H21BrN2O2S2. The van der Waals surface area contributed by atoms with Crippen molar-refractivity contribution in [2.75, 3.05) is 11.4 Å². The fourth-order valence-electron chi connectivity index (χ4n) is 3.81. The van der Waals surface area contributed by atoms with Crippen LogP contribution in [-0.2, 0) is 9.59 Å². The van der Waals surface area contributed by atoms with Crippen molar-refractivity contribution in [3.63, 3.8) is 0 Å². The number of anilines is 1. The number of halogens is 1. The van der Waals surface area contributed by atoms with Crippen molar-refractivity contribution in [1.82, 2.24) is 4.90 Å². The number of fused-ring (bicyclic) bond motifs is 1. The summed E-state index contributed by atoms with van der Waals surface area (Å²) < 4.78 is 1.35. The van der Waals surface area contributed by atoms with Crippen molar-refractivity contribution in [3.05, 3.63) is 69.0 Å². The maximum absolute atomic E-state index is 13.5. The van der Waals surface area contributed by atoms with Crippen molar-refractivity contribution >= 4 is 67.3 Å². The summed E-state index contributed by atoms with van der Waals surface area (Å²) in [5.41, 5.74) is 3.11. The first kappa shape index (κ1) is 21.3. The van der Waals surface area contributed by atoms with E-state index < -0.39 is 0 Å². The number of carbonyl (C=O) groups excluding carboxylic acids is 2. The molecule has 2 aliphatic rings. The van der Waals surface area contributed by atoms with E-state index in [9.17, 15) is 9.59 Å². The SMILES string of the molecule is CCCCN1C(=O)C(=C2SC(=S)N(C(C)c3ccccc3)C2=O)c2cc(Br)ccc21. The first-order chi connectivity index (χ1) is 14.4. The third-order valence-electron chi connectivity index (χ3n) is 5.41. The first-order valence-corrected chi connectivity index (χ1v) is 11.9. The molecule has 154 valence electrons. The fraction of sp³-hybridized carbons (Fsp3) is 0.261. The number of thioether (sulfide) groups is 1. The highest BCUT2D eigenvalue weighted by Crippen LogP contribution is 2.47. The lowest BCUT2D eigenvalue weighted by atomic mass is 10.1. The van der Waals surface area contributed by atoms with E-state index >= 15 is 0 Å². The molecule has 0 N–H and O–H groups in total. The standard InChI is InChI=1S/C23H21BrN2O2S2/c1-3-4-12-25-18-11-10-16(24)13-17(18)19(21(25)27)20-22(28)26(23(29)30-20)14(2)15-8-6-5-7-9-15/h5-11,13-14H,3-4,12H2,1-2H3. The number of unbranched alkanes of at least 4 members (excludes halogenated alkanes) is 1. The van der Waals surface area contributed by atoms with Gasteiger partial charge in [0, 0.05) is 16.6 Å². The van der Waals surface area contributed by atoms with Crippen LogP contribution in [0.25, 0.3) is 5.57 Å². The predicted molar refractivity (Wildman–Crippen MR) is 130 cm³/mol. The molecule has 2 amide bonds. The Morgan fingerprint density at radius 3 is 2.53 bits per heavy atom. The second-order valence-electron chi connectivity index (χ2n) is 7.31. The molecule has 2 aliphatic heterocycles. The van der Waals surface area contributed by atoms with E-state index in [1.807, 2.05) is 55.5 Å². The number of rotatable bonds is 5. The number of nitrogens with zero attached hydrogens (tertiary/aromatic N) is 2. The summed E-state index contributed by atoms with van der Waals surface area (Å²) in [7, 11) is 0. The Bertz CT molecular complexity index is 1070. The van der Waals surface area contributed by atoms with Gasteiger partial charge in [-0.25, -0.2) is 0 Å². The lowest BCUT2D eigenvalue weighted by molar-refractivity contribution is -0.123. The molecule has 30 heavy (non-hydrogen) atoms. The minimum absolute atomic E-state index is 0.121. The Kier molecular flexibility index (Phi) is 6.14.